The molecule has 1 heterocycles. The third-order valence-electron chi connectivity index (χ3n) is 2.65. The van der Waals surface area contributed by atoms with Crippen LogP contribution in [0.3, 0.4) is 0 Å². The molecule has 1 aromatic rings. The number of para-hydroxylation sites is 1. The number of anilines is 1. The Morgan fingerprint density at radius 1 is 1.47 bits per heavy atom. The van der Waals surface area contributed by atoms with Crippen molar-refractivity contribution in [2.24, 2.45) is 0 Å². The van der Waals surface area contributed by atoms with E-state index in [2.05, 4.69) is 23.1 Å². The van der Waals surface area contributed by atoms with Gasteiger partial charge in [-0.1, -0.05) is 18.2 Å². The molecule has 3 nitrogen and oxygen atoms in total. The normalized spacial score (nSPS) is 13.8. The second-order valence-electron chi connectivity index (χ2n) is 3.71. The quantitative estimate of drug-likeness (QED) is 0.702. The maximum atomic E-state index is 10.6. The molecule has 0 bridgehead atoms. The van der Waals surface area contributed by atoms with Crippen LogP contribution < -0.4 is 4.90 Å². The van der Waals surface area contributed by atoms with Crippen LogP contribution in [-0.4, -0.2) is 25.7 Å². The van der Waals surface area contributed by atoms with Gasteiger partial charge in [0.2, 0.25) is 0 Å². The van der Waals surface area contributed by atoms with Crippen molar-refractivity contribution in [3.63, 3.8) is 0 Å². The number of rotatable bonds is 3. The van der Waals surface area contributed by atoms with Gasteiger partial charge in [0.25, 0.3) is 0 Å². The molecule has 2 rings (SSSR count). The Bertz CT molecular complexity index is 362. The van der Waals surface area contributed by atoms with Crippen LogP contribution in [0, 0.1) is 0 Å². The second kappa shape index (κ2) is 4.34. The molecule has 15 heavy (non-hydrogen) atoms. The van der Waals surface area contributed by atoms with Gasteiger partial charge in [0.05, 0.1) is 6.54 Å². The molecule has 3 heteroatoms. The lowest BCUT2D eigenvalue weighted by atomic mass is 10.2. The van der Waals surface area contributed by atoms with Crippen LogP contribution in [0.15, 0.2) is 24.3 Å². The van der Waals surface area contributed by atoms with E-state index < -0.39 is 0 Å². The van der Waals surface area contributed by atoms with E-state index >= 15 is 0 Å². The summed E-state index contributed by atoms with van der Waals surface area (Å²) in [5.74, 6) is -0.206. The number of esters is 1. The van der Waals surface area contributed by atoms with Gasteiger partial charge in [-0.3, -0.25) is 4.79 Å². The van der Waals surface area contributed by atoms with Gasteiger partial charge in [-0.05, 0) is 18.1 Å². The van der Waals surface area contributed by atoms with Gasteiger partial charge < -0.3 is 9.64 Å². The van der Waals surface area contributed by atoms with Crippen LogP contribution in [0.25, 0.3) is 0 Å². The van der Waals surface area contributed by atoms with Gasteiger partial charge in [-0.2, -0.15) is 0 Å². The van der Waals surface area contributed by atoms with Crippen molar-refractivity contribution >= 4 is 11.7 Å². The molecule has 0 spiro atoms. The van der Waals surface area contributed by atoms with E-state index in [1.165, 1.54) is 18.2 Å². The van der Waals surface area contributed by atoms with Crippen LogP contribution in [0.1, 0.15) is 12.5 Å². The fourth-order valence-electron chi connectivity index (χ4n) is 1.94. The number of carbonyl (C=O) groups is 1. The molecule has 0 saturated carbocycles. The number of hydrogen-bond acceptors (Lipinski definition) is 3. The largest absolute Gasteiger partial charge is 0.464 e. The zero-order valence-electron chi connectivity index (χ0n) is 8.90. The first kappa shape index (κ1) is 10.0. The Labute approximate surface area is 89.7 Å². The molecular formula is C12H15NO2. The van der Waals surface area contributed by atoms with E-state index in [0.717, 1.165) is 19.5 Å². The predicted octanol–water partition coefficient (Wildman–Crippen LogP) is 1.61. The van der Waals surface area contributed by atoms with E-state index in [1.807, 2.05) is 6.07 Å². The van der Waals surface area contributed by atoms with Crippen molar-refractivity contribution in [3.05, 3.63) is 29.8 Å². The monoisotopic (exact) mass is 205 g/mol. The number of ether oxygens (including phenoxy) is 1. The number of carbonyl (C=O) groups excluding carboxylic acids is 1. The maximum Gasteiger partial charge on any atom is 0.302 e. The maximum absolute atomic E-state index is 10.6. The zero-order chi connectivity index (χ0) is 10.7. The summed E-state index contributed by atoms with van der Waals surface area (Å²) < 4.78 is 4.94. The molecule has 0 amide bonds. The van der Waals surface area contributed by atoms with Gasteiger partial charge in [-0.25, -0.2) is 0 Å². The van der Waals surface area contributed by atoms with E-state index in [1.54, 1.807) is 0 Å². The van der Waals surface area contributed by atoms with E-state index in [0.29, 0.717) is 6.61 Å². The number of nitrogens with zero attached hydrogens (tertiary/aromatic N) is 1. The minimum absolute atomic E-state index is 0.206. The Morgan fingerprint density at radius 3 is 3.07 bits per heavy atom. The lowest BCUT2D eigenvalue weighted by Gasteiger charge is -2.18. The van der Waals surface area contributed by atoms with Gasteiger partial charge in [0.1, 0.15) is 6.61 Å². The topological polar surface area (TPSA) is 29.5 Å². The van der Waals surface area contributed by atoms with Crippen molar-refractivity contribution in [3.8, 4) is 0 Å². The van der Waals surface area contributed by atoms with Crippen LogP contribution in [0.4, 0.5) is 5.69 Å². The molecule has 0 unspecified atom stereocenters. The Balaban J connectivity index is 1.93. The van der Waals surface area contributed by atoms with Crippen molar-refractivity contribution in [2.75, 3.05) is 24.6 Å². The molecule has 0 fully saturated rings. The molecule has 80 valence electrons. The zero-order valence-corrected chi connectivity index (χ0v) is 8.90. The van der Waals surface area contributed by atoms with Crippen LogP contribution in [-0.2, 0) is 16.0 Å². The highest BCUT2D eigenvalue weighted by Gasteiger charge is 2.17. The molecule has 1 aromatic carbocycles. The van der Waals surface area contributed by atoms with Gasteiger partial charge in [-0.15, -0.1) is 0 Å². The van der Waals surface area contributed by atoms with Gasteiger partial charge >= 0.3 is 5.97 Å². The molecule has 0 atom stereocenters. The molecule has 0 aliphatic carbocycles. The van der Waals surface area contributed by atoms with E-state index in [9.17, 15) is 4.79 Å². The average Bonchev–Trinajstić information content (AvgIpc) is 2.62. The molecule has 1 aliphatic rings. The van der Waals surface area contributed by atoms with Gasteiger partial charge in [0.15, 0.2) is 0 Å². The Kier molecular flexibility index (Phi) is 2.90. The fourth-order valence-corrected chi connectivity index (χ4v) is 1.94. The molecular weight excluding hydrogens is 190 g/mol. The molecule has 0 aromatic heterocycles. The second-order valence-corrected chi connectivity index (χ2v) is 3.71. The summed E-state index contributed by atoms with van der Waals surface area (Å²) in [6, 6.07) is 8.38. The fraction of sp³-hybridized carbons (Fsp3) is 0.417. The summed E-state index contributed by atoms with van der Waals surface area (Å²) in [4.78, 5) is 12.9. The summed E-state index contributed by atoms with van der Waals surface area (Å²) in [6.45, 7) is 3.73. The molecule has 0 saturated heterocycles. The smallest absolute Gasteiger partial charge is 0.302 e. The summed E-state index contributed by atoms with van der Waals surface area (Å²) in [6.07, 6.45) is 1.09. The predicted molar refractivity (Wildman–Crippen MR) is 59.0 cm³/mol. The minimum atomic E-state index is -0.206. The van der Waals surface area contributed by atoms with Gasteiger partial charge in [0, 0.05) is 19.2 Å². The highest BCUT2D eigenvalue weighted by Crippen LogP contribution is 2.26. The third kappa shape index (κ3) is 2.29. The van der Waals surface area contributed by atoms with Crippen molar-refractivity contribution in [2.45, 2.75) is 13.3 Å². The third-order valence-corrected chi connectivity index (χ3v) is 2.65. The van der Waals surface area contributed by atoms with E-state index in [4.69, 9.17) is 4.74 Å². The van der Waals surface area contributed by atoms with Crippen molar-refractivity contribution < 1.29 is 9.53 Å². The number of fused-ring (bicyclic) bond motifs is 1. The summed E-state index contributed by atoms with van der Waals surface area (Å²) >= 11 is 0. The first-order chi connectivity index (χ1) is 7.27. The van der Waals surface area contributed by atoms with Crippen molar-refractivity contribution in [1.29, 1.82) is 0 Å². The lowest BCUT2D eigenvalue weighted by molar-refractivity contribution is -0.140. The highest BCUT2D eigenvalue weighted by atomic mass is 16.5. The summed E-state index contributed by atoms with van der Waals surface area (Å²) in [5.41, 5.74) is 2.67. The number of benzene rings is 1. The van der Waals surface area contributed by atoms with Crippen molar-refractivity contribution in [1.82, 2.24) is 0 Å². The Morgan fingerprint density at radius 2 is 2.27 bits per heavy atom. The minimum Gasteiger partial charge on any atom is -0.464 e. The number of hydrogen-bond donors (Lipinski definition) is 0. The average molecular weight is 205 g/mol. The SMILES string of the molecule is CC(=O)OCCN1CCc2ccccc21. The van der Waals surface area contributed by atoms with Crippen LogP contribution >= 0.6 is 0 Å². The van der Waals surface area contributed by atoms with E-state index in [-0.39, 0.29) is 5.97 Å². The lowest BCUT2D eigenvalue weighted by Crippen LogP contribution is -2.25. The molecule has 0 N–H and O–H groups in total. The summed E-state index contributed by atoms with van der Waals surface area (Å²) in [5, 5.41) is 0. The first-order valence-electron chi connectivity index (χ1n) is 5.23. The van der Waals surface area contributed by atoms with Crippen LogP contribution in [0.5, 0.6) is 0 Å². The highest BCUT2D eigenvalue weighted by molar-refractivity contribution is 5.66. The standard InChI is InChI=1S/C12H15NO2/c1-10(14)15-9-8-13-7-6-11-4-2-3-5-12(11)13/h2-5H,6-9H2,1H3. The van der Waals surface area contributed by atoms with Crippen LogP contribution in [0.2, 0.25) is 0 Å². The summed E-state index contributed by atoms with van der Waals surface area (Å²) in [7, 11) is 0. The molecule has 1 aliphatic heterocycles. The first-order valence-corrected chi connectivity index (χ1v) is 5.23. The Hall–Kier alpha value is -1.51. The molecule has 0 radical (unpaired) electrons.